The molecule has 1 N–H and O–H groups in total. The van der Waals surface area contributed by atoms with Crippen LogP contribution < -0.4 is 0 Å². The second-order valence-electron chi connectivity index (χ2n) is 27.3. The lowest BCUT2D eigenvalue weighted by molar-refractivity contribution is -0.870. The minimum atomic E-state index is -1.52. The van der Waals surface area contributed by atoms with Gasteiger partial charge in [-0.1, -0.05) is 342 Å². The first-order valence-corrected chi connectivity index (χ1v) is 40.2. The number of hydrogen-bond donors (Lipinski definition) is 1. The summed E-state index contributed by atoms with van der Waals surface area (Å²) in [7, 11) is 5.97. The number of allylic oxidation sites excluding steroid dienone is 34. The van der Waals surface area contributed by atoms with Crippen LogP contribution in [0.2, 0.25) is 0 Å². The fraction of sp³-hybridized carbons (Fsp3) is 0.598. The zero-order valence-electron chi connectivity index (χ0n) is 65.0. The molecule has 0 rings (SSSR count). The minimum Gasteiger partial charge on any atom is -0.477 e. The van der Waals surface area contributed by atoms with Crippen molar-refractivity contribution in [3.63, 3.8) is 0 Å². The standard InChI is InChI=1S/C92H147NO8/c1-6-8-10-12-14-16-18-20-22-24-26-28-30-32-34-36-38-40-42-44-45-47-49-51-53-55-57-59-61-63-65-67-69-71-73-75-77-79-81-83-90(95)101-88(87-100-92(91(96)97)98-85-84-93(3,4)5)86-99-89(94)82-80-78-76-74-72-70-68-66-64-62-60-58-56-54-52-50-48-46-43-41-39-37-35-33-31-29-27-25-23-21-19-17-15-13-11-9-7-2/h8-11,14-17,20-23,26-29,32-35,38-41,44-46,48-49,51-52,54-55,57,88,92H,6-7,12-13,18-19,24-25,30-31,36-37,42-43,47,50,53,56,58-87H2,1-5H3/p+1/b10-8-,11-9-,16-14-,17-15-,22-20-,23-21-,28-26-,29-27-,34-32-,35-33-,40-38-,41-39-,45-44-,48-46-,51-49-,54-52-,57-55-. The largest absolute Gasteiger partial charge is 0.477 e. The lowest BCUT2D eigenvalue weighted by Gasteiger charge is -2.25. The van der Waals surface area contributed by atoms with Crippen LogP contribution in [-0.4, -0.2) is 87.4 Å². The van der Waals surface area contributed by atoms with Gasteiger partial charge in [0.15, 0.2) is 6.10 Å². The predicted molar refractivity (Wildman–Crippen MR) is 437 cm³/mol. The molecule has 0 aromatic rings. The summed E-state index contributed by atoms with van der Waals surface area (Å²) >= 11 is 0. The van der Waals surface area contributed by atoms with Crippen molar-refractivity contribution in [2.75, 3.05) is 47.5 Å². The lowest BCUT2D eigenvalue weighted by atomic mass is 10.0. The third-order valence-corrected chi connectivity index (χ3v) is 16.5. The highest BCUT2D eigenvalue weighted by atomic mass is 16.7. The van der Waals surface area contributed by atoms with Crippen LogP contribution in [0.5, 0.6) is 0 Å². The summed E-state index contributed by atoms with van der Waals surface area (Å²) < 4.78 is 23.0. The zero-order chi connectivity index (χ0) is 73.2. The monoisotopic (exact) mass is 1400 g/mol. The third kappa shape index (κ3) is 81.0. The number of carboxylic acids is 1. The molecule has 0 radical (unpaired) electrons. The van der Waals surface area contributed by atoms with Gasteiger partial charge in [0, 0.05) is 12.8 Å². The van der Waals surface area contributed by atoms with Crippen LogP contribution in [0.4, 0.5) is 0 Å². The molecule has 0 saturated carbocycles. The molecule has 0 saturated heterocycles. The number of unbranched alkanes of at least 4 members (excludes halogenated alkanes) is 23. The third-order valence-electron chi connectivity index (χ3n) is 16.5. The smallest absolute Gasteiger partial charge is 0.361 e. The Hall–Kier alpha value is -6.13. The Bertz CT molecular complexity index is 2420. The van der Waals surface area contributed by atoms with Crippen LogP contribution in [-0.2, 0) is 33.3 Å². The maximum atomic E-state index is 13.0. The summed E-state index contributed by atoms with van der Waals surface area (Å²) in [6.07, 6.45) is 121. The Balaban J connectivity index is 4.13. The van der Waals surface area contributed by atoms with Gasteiger partial charge in [0.1, 0.15) is 13.2 Å². The number of hydrogen-bond acceptors (Lipinski definition) is 7. The van der Waals surface area contributed by atoms with Crippen LogP contribution in [0.1, 0.15) is 296 Å². The maximum Gasteiger partial charge on any atom is 0.361 e. The van der Waals surface area contributed by atoms with Crippen molar-refractivity contribution in [2.24, 2.45) is 0 Å². The number of aliphatic carboxylic acids is 1. The first-order chi connectivity index (χ1) is 49.6. The van der Waals surface area contributed by atoms with Crippen molar-refractivity contribution in [1.29, 1.82) is 0 Å². The number of likely N-dealkylation sites (N-methyl/N-ethyl adjacent to an activating group) is 1. The van der Waals surface area contributed by atoms with Crippen molar-refractivity contribution in [3.05, 3.63) is 207 Å². The molecule has 101 heavy (non-hydrogen) atoms. The van der Waals surface area contributed by atoms with Gasteiger partial charge in [-0.2, -0.15) is 0 Å². The number of ether oxygens (including phenoxy) is 4. The molecule has 0 aliphatic carbocycles. The van der Waals surface area contributed by atoms with E-state index in [-0.39, 0.29) is 38.6 Å². The van der Waals surface area contributed by atoms with Gasteiger partial charge in [-0.05, 0) is 148 Å². The van der Waals surface area contributed by atoms with Crippen LogP contribution >= 0.6 is 0 Å². The Morgan fingerprint density at radius 2 is 0.535 bits per heavy atom. The van der Waals surface area contributed by atoms with E-state index in [1.54, 1.807) is 0 Å². The number of quaternary nitrogens is 1. The highest BCUT2D eigenvalue weighted by Gasteiger charge is 2.25. The molecule has 568 valence electrons. The molecule has 0 aromatic heterocycles. The highest BCUT2D eigenvalue weighted by molar-refractivity contribution is 5.71. The molecule has 2 unspecified atom stereocenters. The quantitative estimate of drug-likeness (QED) is 0.0211. The number of esters is 2. The molecule has 0 heterocycles. The molecule has 9 heteroatoms. The van der Waals surface area contributed by atoms with Gasteiger partial charge in [0.25, 0.3) is 6.29 Å². The number of carbonyl (C=O) groups is 3. The van der Waals surface area contributed by atoms with E-state index in [9.17, 15) is 19.5 Å². The average molecular weight is 1400 g/mol. The normalized spacial score (nSPS) is 13.8. The van der Waals surface area contributed by atoms with E-state index >= 15 is 0 Å². The SMILES string of the molecule is CC/C=C\C/C=C\C/C=C\C/C=C\C/C=C\C/C=C\C/C=C\C/C=C\C/C=C\CCCCCCCCCCCCCC(=O)OC(COC(=O)CCCCCCCCCCCCCC/C=C\C/C=C\C/C=C\C/C=C\C/C=C\C/C=C\C/C=C\C/C=C\CC)COC(OCC[N+](C)(C)C)C(=O)O. The molecular formula is C92H148NO8+. The van der Waals surface area contributed by atoms with E-state index in [0.29, 0.717) is 17.4 Å². The van der Waals surface area contributed by atoms with Crippen molar-refractivity contribution in [3.8, 4) is 0 Å². The summed E-state index contributed by atoms with van der Waals surface area (Å²) in [6, 6.07) is 0. The molecule has 0 aliphatic heterocycles. The molecule has 0 amide bonds. The summed E-state index contributed by atoms with van der Waals surface area (Å²) in [5.41, 5.74) is 0. The van der Waals surface area contributed by atoms with E-state index < -0.39 is 24.3 Å². The minimum absolute atomic E-state index is 0.178. The maximum absolute atomic E-state index is 13.0. The second-order valence-corrected chi connectivity index (χ2v) is 27.3. The summed E-state index contributed by atoms with van der Waals surface area (Å²) in [5.74, 6) is -2.02. The molecule has 0 fully saturated rings. The summed E-state index contributed by atoms with van der Waals surface area (Å²) in [4.78, 5) is 37.8. The Morgan fingerprint density at radius 3 is 0.792 bits per heavy atom. The molecular weight excluding hydrogens is 1250 g/mol. The highest BCUT2D eigenvalue weighted by Crippen LogP contribution is 2.17. The van der Waals surface area contributed by atoms with Gasteiger partial charge in [0.2, 0.25) is 0 Å². The van der Waals surface area contributed by atoms with E-state index in [4.69, 9.17) is 18.9 Å². The molecule has 0 aromatic carbocycles. The zero-order valence-corrected chi connectivity index (χ0v) is 65.0. The fourth-order valence-electron chi connectivity index (χ4n) is 10.5. The van der Waals surface area contributed by atoms with Crippen molar-refractivity contribution in [1.82, 2.24) is 0 Å². The van der Waals surface area contributed by atoms with Crippen molar-refractivity contribution < 1.29 is 42.9 Å². The number of carbonyl (C=O) groups excluding carboxylic acids is 2. The molecule has 0 aliphatic rings. The molecule has 9 nitrogen and oxygen atoms in total. The van der Waals surface area contributed by atoms with Gasteiger partial charge in [0.05, 0.1) is 34.4 Å². The Morgan fingerprint density at radius 1 is 0.297 bits per heavy atom. The lowest BCUT2D eigenvalue weighted by Crippen LogP contribution is -2.40. The van der Waals surface area contributed by atoms with Gasteiger partial charge >= 0.3 is 17.9 Å². The van der Waals surface area contributed by atoms with Crippen LogP contribution in [0, 0.1) is 0 Å². The van der Waals surface area contributed by atoms with E-state index in [2.05, 4.69) is 220 Å². The first-order valence-electron chi connectivity index (χ1n) is 40.2. The molecule has 0 bridgehead atoms. The van der Waals surface area contributed by atoms with Crippen molar-refractivity contribution in [2.45, 2.75) is 309 Å². The Kier molecular flexibility index (Phi) is 74.7. The van der Waals surface area contributed by atoms with Crippen LogP contribution in [0.3, 0.4) is 0 Å². The number of nitrogens with zero attached hydrogens (tertiary/aromatic N) is 1. The van der Waals surface area contributed by atoms with Crippen LogP contribution in [0.25, 0.3) is 0 Å². The van der Waals surface area contributed by atoms with E-state index in [1.807, 2.05) is 21.1 Å². The summed E-state index contributed by atoms with van der Waals surface area (Å²) in [5, 5.41) is 9.78. The van der Waals surface area contributed by atoms with Gasteiger partial charge in [-0.15, -0.1) is 0 Å². The van der Waals surface area contributed by atoms with Gasteiger partial charge in [-0.3, -0.25) is 9.59 Å². The molecule has 0 spiro atoms. The average Bonchev–Trinajstić information content (AvgIpc) is 1.21. The predicted octanol–water partition coefficient (Wildman–Crippen LogP) is 26.3. The van der Waals surface area contributed by atoms with Gasteiger partial charge in [-0.25, -0.2) is 4.79 Å². The molecule has 2 atom stereocenters. The number of rotatable bonds is 72. The van der Waals surface area contributed by atoms with Gasteiger partial charge < -0.3 is 28.5 Å². The first kappa shape index (κ1) is 94.9. The fourth-order valence-corrected chi connectivity index (χ4v) is 10.5. The topological polar surface area (TPSA) is 108 Å². The summed E-state index contributed by atoms with van der Waals surface area (Å²) in [6.45, 7) is 4.64. The van der Waals surface area contributed by atoms with Crippen molar-refractivity contribution >= 4 is 17.9 Å². The van der Waals surface area contributed by atoms with Crippen LogP contribution in [0.15, 0.2) is 207 Å². The Labute approximate surface area is 620 Å². The number of carboxylic acid groups (broad SMARTS) is 1. The van der Waals surface area contributed by atoms with E-state index in [1.165, 1.54) is 109 Å². The van der Waals surface area contributed by atoms with E-state index in [0.717, 1.165) is 154 Å². The second kappa shape index (κ2) is 79.6.